The summed E-state index contributed by atoms with van der Waals surface area (Å²) < 4.78 is 11.0. The van der Waals surface area contributed by atoms with Gasteiger partial charge in [0.05, 0.1) is 13.3 Å². The Balaban J connectivity index is 1.57. The number of nitrogens with one attached hydrogen (secondary N) is 1. The zero-order chi connectivity index (χ0) is 23.9. The van der Waals surface area contributed by atoms with Crippen LogP contribution in [0.2, 0.25) is 0 Å². The molecule has 6 nitrogen and oxygen atoms in total. The van der Waals surface area contributed by atoms with Crippen molar-refractivity contribution in [3.8, 4) is 5.75 Å². The molecule has 6 heteroatoms. The summed E-state index contributed by atoms with van der Waals surface area (Å²) in [5.41, 5.74) is 7.98. The number of methoxy groups -OCH3 is 1. The van der Waals surface area contributed by atoms with Crippen molar-refractivity contribution in [3.63, 3.8) is 0 Å². The van der Waals surface area contributed by atoms with Crippen LogP contribution in [-0.2, 0) is 0 Å². The molecule has 0 bridgehead atoms. The quantitative estimate of drug-likeness (QED) is 0.384. The number of aryl methyl sites for hydroxylation is 1. The average Bonchev–Trinajstić information content (AvgIpc) is 3.18. The van der Waals surface area contributed by atoms with Crippen LogP contribution in [0.5, 0.6) is 5.75 Å². The molecule has 1 amide bonds. The minimum absolute atomic E-state index is 0.103. The first-order chi connectivity index (χ1) is 15.6. The fraction of sp³-hybridized carbons (Fsp3) is 0.407. The van der Waals surface area contributed by atoms with E-state index in [0.717, 1.165) is 22.9 Å². The molecule has 2 aromatic carbocycles. The zero-order valence-electron chi connectivity index (χ0n) is 20.5. The summed E-state index contributed by atoms with van der Waals surface area (Å²) in [6.07, 6.45) is 2.80. The van der Waals surface area contributed by atoms with Gasteiger partial charge in [-0.15, -0.1) is 0 Å². The fourth-order valence-electron chi connectivity index (χ4n) is 5.25. The van der Waals surface area contributed by atoms with E-state index in [1.54, 1.807) is 25.5 Å². The van der Waals surface area contributed by atoms with Crippen molar-refractivity contribution < 1.29 is 13.9 Å². The van der Waals surface area contributed by atoms with Gasteiger partial charge in [-0.25, -0.2) is 5.43 Å². The number of benzene rings is 2. The van der Waals surface area contributed by atoms with Gasteiger partial charge in [-0.05, 0) is 87.9 Å². The highest BCUT2D eigenvalue weighted by Crippen LogP contribution is 2.45. The van der Waals surface area contributed by atoms with Crippen molar-refractivity contribution >= 4 is 28.8 Å². The number of rotatable bonds is 5. The largest absolute Gasteiger partial charge is 0.493 e. The van der Waals surface area contributed by atoms with E-state index in [1.165, 1.54) is 11.3 Å². The second-order valence-corrected chi connectivity index (χ2v) is 9.84. The van der Waals surface area contributed by atoms with Gasteiger partial charge < -0.3 is 14.1 Å². The van der Waals surface area contributed by atoms with E-state index in [4.69, 9.17) is 9.15 Å². The highest BCUT2D eigenvalue weighted by Gasteiger charge is 2.37. The summed E-state index contributed by atoms with van der Waals surface area (Å²) >= 11 is 0. The van der Waals surface area contributed by atoms with Gasteiger partial charge in [0.1, 0.15) is 0 Å². The maximum atomic E-state index is 12.6. The highest BCUT2D eigenvalue weighted by atomic mass is 16.5. The highest BCUT2D eigenvalue weighted by molar-refractivity contribution is 5.97. The van der Waals surface area contributed by atoms with Crippen LogP contribution in [0.4, 0.5) is 5.69 Å². The molecule has 4 rings (SSSR count). The number of amides is 1. The van der Waals surface area contributed by atoms with Gasteiger partial charge in [0.2, 0.25) is 0 Å². The molecule has 33 heavy (non-hydrogen) atoms. The molecule has 0 aliphatic carbocycles. The van der Waals surface area contributed by atoms with Gasteiger partial charge in [0.15, 0.2) is 17.1 Å². The van der Waals surface area contributed by atoms with Crippen LogP contribution in [0.25, 0.3) is 11.0 Å². The Morgan fingerprint density at radius 2 is 2.06 bits per heavy atom. The molecule has 2 heterocycles. The molecule has 0 saturated carbocycles. The first kappa shape index (κ1) is 22.9. The number of ether oxygens (including phenoxy) is 1. The summed E-state index contributed by atoms with van der Waals surface area (Å²) in [5, 5.41) is 5.02. The molecule has 0 saturated heterocycles. The Labute approximate surface area is 195 Å². The maximum absolute atomic E-state index is 12.6. The Bertz CT molecular complexity index is 1220. The Morgan fingerprint density at radius 3 is 2.76 bits per heavy atom. The number of hydrogen-bond acceptors (Lipinski definition) is 5. The van der Waals surface area contributed by atoms with E-state index in [2.05, 4.69) is 69.1 Å². The van der Waals surface area contributed by atoms with Crippen molar-refractivity contribution in [2.24, 2.45) is 5.10 Å². The minimum Gasteiger partial charge on any atom is -0.493 e. The van der Waals surface area contributed by atoms with E-state index in [-0.39, 0.29) is 11.3 Å². The predicted octanol–water partition coefficient (Wildman–Crippen LogP) is 6.01. The first-order valence-electron chi connectivity index (χ1n) is 11.5. The summed E-state index contributed by atoms with van der Waals surface area (Å²) in [5.74, 6) is 0.823. The second kappa shape index (κ2) is 8.58. The molecule has 1 aliphatic rings. The van der Waals surface area contributed by atoms with Gasteiger partial charge in [0.25, 0.3) is 0 Å². The van der Waals surface area contributed by atoms with Gasteiger partial charge >= 0.3 is 5.91 Å². The molecule has 0 radical (unpaired) electrons. The maximum Gasteiger partial charge on any atom is 0.307 e. The normalized spacial score (nSPS) is 17.6. The number of para-hydroxylation sites is 1. The van der Waals surface area contributed by atoms with Crippen molar-refractivity contribution in [1.82, 2.24) is 5.43 Å². The molecule has 1 unspecified atom stereocenters. The summed E-state index contributed by atoms with van der Waals surface area (Å²) in [6, 6.07) is 12.1. The lowest BCUT2D eigenvalue weighted by molar-refractivity contribution is 0.0929. The minimum atomic E-state index is -0.402. The van der Waals surface area contributed by atoms with Crippen LogP contribution in [-0.4, -0.2) is 30.8 Å². The number of hydrazone groups is 1. The number of furan rings is 1. The zero-order valence-corrected chi connectivity index (χ0v) is 20.5. The van der Waals surface area contributed by atoms with Crippen molar-refractivity contribution in [1.29, 1.82) is 0 Å². The van der Waals surface area contributed by atoms with Crippen LogP contribution in [0, 0.1) is 6.92 Å². The van der Waals surface area contributed by atoms with Crippen molar-refractivity contribution in [2.45, 2.75) is 65.5 Å². The number of nitrogens with zero attached hydrogens (tertiary/aromatic N) is 2. The predicted molar refractivity (Wildman–Crippen MR) is 134 cm³/mol. The number of anilines is 1. The summed E-state index contributed by atoms with van der Waals surface area (Å²) in [6.45, 7) is 13.5. The van der Waals surface area contributed by atoms with Gasteiger partial charge in [-0.1, -0.05) is 19.1 Å². The fourth-order valence-corrected chi connectivity index (χ4v) is 5.25. The Hall–Kier alpha value is -3.28. The molecule has 1 atom stereocenters. The van der Waals surface area contributed by atoms with Crippen LogP contribution in [0.3, 0.4) is 0 Å². The lowest BCUT2D eigenvalue weighted by Crippen LogP contribution is -2.51. The molecule has 0 fully saturated rings. The third-order valence-corrected chi connectivity index (χ3v) is 6.50. The first-order valence-corrected chi connectivity index (χ1v) is 11.5. The lowest BCUT2D eigenvalue weighted by atomic mass is 9.78. The van der Waals surface area contributed by atoms with Crippen LogP contribution in [0.1, 0.15) is 74.2 Å². The van der Waals surface area contributed by atoms with Crippen molar-refractivity contribution in [3.05, 3.63) is 58.8 Å². The molecule has 174 valence electrons. The van der Waals surface area contributed by atoms with Gasteiger partial charge in [0, 0.05) is 22.7 Å². The second-order valence-electron chi connectivity index (χ2n) is 9.84. The van der Waals surface area contributed by atoms with Crippen LogP contribution < -0.4 is 15.1 Å². The molecular formula is C27H33N3O3. The van der Waals surface area contributed by atoms with E-state index in [0.29, 0.717) is 23.3 Å². The van der Waals surface area contributed by atoms with E-state index in [1.807, 2.05) is 12.1 Å². The molecule has 3 aromatic rings. The van der Waals surface area contributed by atoms with Crippen LogP contribution in [0.15, 0.2) is 45.9 Å². The Kier molecular flexibility index (Phi) is 5.95. The number of fused-ring (bicyclic) bond motifs is 2. The van der Waals surface area contributed by atoms with Crippen molar-refractivity contribution in [2.75, 3.05) is 12.0 Å². The van der Waals surface area contributed by atoms with Crippen LogP contribution >= 0.6 is 0 Å². The van der Waals surface area contributed by atoms with E-state index in [9.17, 15) is 4.79 Å². The number of carbonyl (C=O) groups is 1. The monoisotopic (exact) mass is 447 g/mol. The Morgan fingerprint density at radius 1 is 1.30 bits per heavy atom. The summed E-state index contributed by atoms with van der Waals surface area (Å²) in [7, 11) is 1.57. The third kappa shape index (κ3) is 4.22. The van der Waals surface area contributed by atoms with Gasteiger partial charge in [-0.3, -0.25) is 4.79 Å². The standard InChI is InChI=1S/C27H33N3O3/c1-16(2)30-22-11-17(3)20(12-21(22)18(4)14-27(30,5)6)15-28-29-26(31)24-13-19-9-8-10-23(32-7)25(19)33-24/h8-13,15-16,18H,14H2,1-7H3,(H,29,31)/b28-15+. The molecular weight excluding hydrogens is 414 g/mol. The number of carbonyl (C=O) groups excluding carboxylic acids is 1. The molecule has 1 N–H and O–H groups in total. The van der Waals surface area contributed by atoms with Gasteiger partial charge in [-0.2, -0.15) is 5.10 Å². The number of hydrogen-bond donors (Lipinski definition) is 1. The SMILES string of the molecule is COc1cccc2cc(C(=O)N/N=C/c3cc4c(cc3C)N(C(C)C)C(C)(C)CC4C)oc12. The van der Waals surface area contributed by atoms with E-state index < -0.39 is 5.91 Å². The molecule has 0 spiro atoms. The third-order valence-electron chi connectivity index (χ3n) is 6.50. The topological polar surface area (TPSA) is 67.1 Å². The smallest absolute Gasteiger partial charge is 0.307 e. The molecule has 1 aliphatic heterocycles. The molecule has 1 aromatic heterocycles. The average molecular weight is 448 g/mol. The van der Waals surface area contributed by atoms with E-state index >= 15 is 0 Å². The lowest BCUT2D eigenvalue weighted by Gasteiger charge is -2.50. The summed E-state index contributed by atoms with van der Waals surface area (Å²) in [4.78, 5) is 15.1.